The number of methoxy groups -OCH3 is 1. The molecule has 0 saturated carbocycles. The van der Waals surface area contributed by atoms with Crippen molar-refractivity contribution in [1.82, 2.24) is 4.57 Å². The summed E-state index contributed by atoms with van der Waals surface area (Å²) in [6.07, 6.45) is 1.63. The smallest absolute Gasteiger partial charge is 0.338 e. The molecule has 0 radical (unpaired) electrons. The van der Waals surface area contributed by atoms with Gasteiger partial charge in [0.1, 0.15) is 5.76 Å². The van der Waals surface area contributed by atoms with Crippen molar-refractivity contribution in [1.29, 1.82) is 0 Å². The number of furan rings is 1. The first-order valence-corrected chi connectivity index (χ1v) is 9.01. The number of nitrogens with zero attached hydrogens (tertiary/aromatic N) is 1. The van der Waals surface area contributed by atoms with Crippen LogP contribution in [-0.2, 0) is 11.3 Å². The summed E-state index contributed by atoms with van der Waals surface area (Å²) in [4.78, 5) is 24.9. The number of aryl methyl sites for hydroxylation is 2. The van der Waals surface area contributed by atoms with Crippen LogP contribution in [0.2, 0.25) is 0 Å². The molecule has 0 bridgehead atoms. The van der Waals surface area contributed by atoms with E-state index < -0.39 is 5.97 Å². The number of hydrogen-bond acceptors (Lipinski definition) is 4. The number of amides is 1. The van der Waals surface area contributed by atoms with Crippen molar-refractivity contribution in [2.75, 3.05) is 12.4 Å². The second-order valence-corrected chi connectivity index (χ2v) is 6.86. The van der Waals surface area contributed by atoms with Gasteiger partial charge in [-0.05, 0) is 69.2 Å². The Bertz CT molecular complexity index is 1030. The van der Waals surface area contributed by atoms with Gasteiger partial charge in [0.15, 0.2) is 0 Å². The molecule has 0 spiro atoms. The second-order valence-electron chi connectivity index (χ2n) is 6.86. The number of ether oxygens (including phenoxy) is 1. The maximum absolute atomic E-state index is 12.9. The lowest BCUT2D eigenvalue weighted by molar-refractivity contribution is 0.0599. The van der Waals surface area contributed by atoms with Crippen molar-refractivity contribution in [3.8, 4) is 0 Å². The summed E-state index contributed by atoms with van der Waals surface area (Å²) in [6.45, 7) is 8.18. The zero-order valence-corrected chi connectivity index (χ0v) is 16.8. The van der Waals surface area contributed by atoms with Gasteiger partial charge in [-0.25, -0.2) is 4.79 Å². The van der Waals surface area contributed by atoms with Crippen LogP contribution in [0.25, 0.3) is 0 Å². The number of benzene rings is 1. The van der Waals surface area contributed by atoms with Crippen LogP contribution in [0.15, 0.2) is 41.0 Å². The largest absolute Gasteiger partial charge is 0.467 e. The van der Waals surface area contributed by atoms with Gasteiger partial charge in [0.25, 0.3) is 5.91 Å². The van der Waals surface area contributed by atoms with Crippen molar-refractivity contribution in [2.45, 2.75) is 34.2 Å². The Balaban J connectivity index is 1.88. The first-order valence-electron chi connectivity index (χ1n) is 9.01. The number of hydrogen-bond donors (Lipinski definition) is 1. The lowest BCUT2D eigenvalue weighted by Gasteiger charge is -2.12. The molecule has 2 aromatic heterocycles. The van der Waals surface area contributed by atoms with Crippen LogP contribution in [0.3, 0.4) is 0 Å². The highest BCUT2D eigenvalue weighted by atomic mass is 16.5. The summed E-state index contributed by atoms with van der Waals surface area (Å²) < 4.78 is 12.3. The molecular formula is C22H24N2O4. The van der Waals surface area contributed by atoms with E-state index in [4.69, 9.17) is 9.15 Å². The molecule has 146 valence electrons. The predicted octanol–water partition coefficient (Wildman–Crippen LogP) is 4.40. The minimum atomic E-state index is -0.423. The van der Waals surface area contributed by atoms with Crippen molar-refractivity contribution in [3.63, 3.8) is 0 Å². The van der Waals surface area contributed by atoms with Gasteiger partial charge in [0, 0.05) is 17.1 Å². The SMILES string of the molecule is COC(=O)c1cc(NC(=O)c2cc(C)n(Cc3ccco3)c2C)cc(C)c1C. The maximum atomic E-state index is 12.9. The quantitative estimate of drug-likeness (QED) is 0.666. The third kappa shape index (κ3) is 3.71. The fraction of sp³-hybridized carbons (Fsp3) is 0.273. The lowest BCUT2D eigenvalue weighted by Crippen LogP contribution is -2.15. The first kappa shape index (κ1) is 19.5. The van der Waals surface area contributed by atoms with Crippen molar-refractivity contribution in [3.05, 3.63) is 76.0 Å². The molecule has 1 amide bonds. The van der Waals surface area contributed by atoms with Gasteiger partial charge in [0.05, 0.1) is 31.0 Å². The van der Waals surface area contributed by atoms with E-state index in [2.05, 4.69) is 5.32 Å². The molecule has 28 heavy (non-hydrogen) atoms. The molecule has 0 unspecified atom stereocenters. The monoisotopic (exact) mass is 380 g/mol. The number of rotatable bonds is 5. The second kappa shape index (κ2) is 7.76. The van der Waals surface area contributed by atoms with E-state index in [0.717, 1.165) is 28.3 Å². The Morgan fingerprint density at radius 3 is 2.50 bits per heavy atom. The molecule has 1 N–H and O–H groups in total. The minimum Gasteiger partial charge on any atom is -0.467 e. The average Bonchev–Trinajstić information content (AvgIpc) is 3.27. The van der Waals surface area contributed by atoms with Crippen molar-refractivity contribution in [2.24, 2.45) is 0 Å². The van der Waals surface area contributed by atoms with E-state index in [-0.39, 0.29) is 5.91 Å². The van der Waals surface area contributed by atoms with Crippen LogP contribution < -0.4 is 5.32 Å². The van der Waals surface area contributed by atoms with Gasteiger partial charge < -0.3 is 19.0 Å². The summed E-state index contributed by atoms with van der Waals surface area (Å²) in [5.41, 5.74) is 5.15. The Morgan fingerprint density at radius 1 is 1.11 bits per heavy atom. The molecule has 0 aliphatic rings. The standard InChI is InChI=1S/C22H24N2O4/c1-13-9-17(11-19(15(13)3)22(26)27-5)23-21(25)20-10-14(2)24(16(20)4)12-18-7-6-8-28-18/h6-11H,12H2,1-5H3,(H,23,25). The van der Waals surface area contributed by atoms with Crippen LogP contribution in [0.4, 0.5) is 5.69 Å². The number of carbonyl (C=O) groups is 2. The highest BCUT2D eigenvalue weighted by Crippen LogP contribution is 2.23. The zero-order chi connectivity index (χ0) is 20.4. The Kier molecular flexibility index (Phi) is 5.40. The molecule has 2 heterocycles. The summed E-state index contributed by atoms with van der Waals surface area (Å²) in [5, 5.41) is 2.90. The van der Waals surface area contributed by atoms with Gasteiger partial charge in [-0.3, -0.25) is 4.79 Å². The summed E-state index contributed by atoms with van der Waals surface area (Å²) in [5.74, 6) is 0.178. The molecule has 3 aromatic rings. The fourth-order valence-electron chi connectivity index (χ4n) is 3.28. The predicted molar refractivity (Wildman–Crippen MR) is 107 cm³/mol. The van der Waals surface area contributed by atoms with Gasteiger partial charge in [-0.15, -0.1) is 0 Å². The molecular weight excluding hydrogens is 356 g/mol. The molecule has 0 fully saturated rings. The molecule has 6 nitrogen and oxygen atoms in total. The fourth-order valence-corrected chi connectivity index (χ4v) is 3.28. The maximum Gasteiger partial charge on any atom is 0.338 e. The van der Waals surface area contributed by atoms with Crippen molar-refractivity contribution < 1.29 is 18.7 Å². The van der Waals surface area contributed by atoms with E-state index in [1.54, 1.807) is 12.3 Å². The summed E-state index contributed by atoms with van der Waals surface area (Å²) in [7, 11) is 1.34. The van der Waals surface area contributed by atoms with Gasteiger partial charge in [-0.1, -0.05) is 0 Å². The van der Waals surface area contributed by atoms with Gasteiger partial charge in [0.2, 0.25) is 0 Å². The van der Waals surface area contributed by atoms with E-state index >= 15 is 0 Å². The normalized spacial score (nSPS) is 10.8. The summed E-state index contributed by atoms with van der Waals surface area (Å²) >= 11 is 0. The highest BCUT2D eigenvalue weighted by molar-refractivity contribution is 6.06. The number of nitrogens with one attached hydrogen (secondary N) is 1. The van der Waals surface area contributed by atoms with Gasteiger partial charge in [-0.2, -0.15) is 0 Å². The van der Waals surface area contributed by atoms with Crippen LogP contribution >= 0.6 is 0 Å². The van der Waals surface area contributed by atoms with E-state index in [0.29, 0.717) is 23.4 Å². The molecule has 3 rings (SSSR count). The van der Waals surface area contributed by atoms with E-state index in [1.807, 2.05) is 56.5 Å². The average molecular weight is 380 g/mol. The first-order chi connectivity index (χ1) is 13.3. The van der Waals surface area contributed by atoms with E-state index in [9.17, 15) is 9.59 Å². The minimum absolute atomic E-state index is 0.224. The van der Waals surface area contributed by atoms with E-state index in [1.165, 1.54) is 7.11 Å². The third-order valence-electron chi connectivity index (χ3n) is 5.04. The van der Waals surface area contributed by atoms with Gasteiger partial charge >= 0.3 is 5.97 Å². The molecule has 6 heteroatoms. The third-order valence-corrected chi connectivity index (χ3v) is 5.04. The highest BCUT2D eigenvalue weighted by Gasteiger charge is 2.18. The molecule has 0 atom stereocenters. The molecule has 1 aromatic carbocycles. The van der Waals surface area contributed by atoms with Crippen LogP contribution in [-0.4, -0.2) is 23.6 Å². The molecule has 0 aliphatic heterocycles. The molecule has 0 aliphatic carbocycles. The Morgan fingerprint density at radius 2 is 1.86 bits per heavy atom. The zero-order valence-electron chi connectivity index (χ0n) is 16.8. The number of aromatic nitrogens is 1. The summed E-state index contributed by atoms with van der Waals surface area (Å²) in [6, 6.07) is 9.10. The number of anilines is 1. The topological polar surface area (TPSA) is 73.5 Å². The number of carbonyl (C=O) groups excluding carboxylic acids is 2. The van der Waals surface area contributed by atoms with Crippen LogP contribution in [0.1, 0.15) is 49.0 Å². The Labute approximate surface area is 164 Å². The van der Waals surface area contributed by atoms with Crippen LogP contribution in [0.5, 0.6) is 0 Å². The van der Waals surface area contributed by atoms with Crippen LogP contribution in [0, 0.1) is 27.7 Å². The lowest BCUT2D eigenvalue weighted by atomic mass is 10.0. The number of esters is 1. The molecule has 0 saturated heterocycles. The van der Waals surface area contributed by atoms with Crippen molar-refractivity contribution >= 4 is 17.6 Å². The Hall–Kier alpha value is -3.28.